The molecule has 12 heteroatoms. The molecule has 1 aliphatic rings. The van der Waals surface area contributed by atoms with E-state index < -0.39 is 29.4 Å². The molecule has 40 heavy (non-hydrogen) atoms. The molecule has 1 unspecified atom stereocenters. The van der Waals surface area contributed by atoms with Crippen LogP contribution in [0.15, 0.2) is 47.4 Å². The minimum absolute atomic E-state index is 0.0385. The highest BCUT2D eigenvalue weighted by Crippen LogP contribution is 2.40. The van der Waals surface area contributed by atoms with Gasteiger partial charge in [-0.15, -0.1) is 23.1 Å². The van der Waals surface area contributed by atoms with Gasteiger partial charge in [0.05, 0.1) is 35.1 Å². The van der Waals surface area contributed by atoms with Gasteiger partial charge in [-0.25, -0.2) is 14.4 Å². The van der Waals surface area contributed by atoms with Crippen LogP contribution < -0.4 is 10.6 Å². The number of nitrogens with one attached hydrogen (secondary N) is 2. The molecule has 4 rings (SSSR count). The number of carbonyl (C=O) groups excluding carboxylic acids is 3. The number of carboxylic acid groups (broad SMARTS) is 2. The number of amides is 2. The Labute approximate surface area is 237 Å². The zero-order valence-corrected chi connectivity index (χ0v) is 23.2. The quantitative estimate of drug-likeness (QED) is 0.200. The minimum Gasteiger partial charge on any atom is -0.478 e. The number of thiophene rings is 1. The lowest BCUT2D eigenvalue weighted by atomic mass is 9.88. The largest absolute Gasteiger partial charge is 0.478 e. The Morgan fingerprint density at radius 2 is 1.80 bits per heavy atom. The van der Waals surface area contributed by atoms with Crippen LogP contribution in [0.3, 0.4) is 0 Å². The summed E-state index contributed by atoms with van der Waals surface area (Å²) in [6.45, 7) is 2.16. The molecule has 0 radical (unpaired) electrons. The first-order valence-electron chi connectivity index (χ1n) is 12.2. The number of benzene rings is 2. The van der Waals surface area contributed by atoms with Crippen LogP contribution in [-0.2, 0) is 22.4 Å². The van der Waals surface area contributed by atoms with Crippen LogP contribution >= 0.6 is 23.1 Å². The molecule has 2 amide bonds. The summed E-state index contributed by atoms with van der Waals surface area (Å²) < 4.78 is 4.97. The third kappa shape index (κ3) is 6.52. The van der Waals surface area contributed by atoms with Crippen LogP contribution in [-0.4, -0.2) is 52.8 Å². The van der Waals surface area contributed by atoms with Gasteiger partial charge in [0.15, 0.2) is 0 Å². The zero-order chi connectivity index (χ0) is 29.0. The van der Waals surface area contributed by atoms with Crippen LogP contribution in [0.25, 0.3) is 0 Å². The van der Waals surface area contributed by atoms with E-state index in [1.54, 1.807) is 24.3 Å². The topological polar surface area (TPSA) is 159 Å². The average molecular weight is 583 g/mol. The molecule has 4 N–H and O–H groups in total. The van der Waals surface area contributed by atoms with E-state index in [9.17, 15) is 29.1 Å². The molecule has 1 aromatic heterocycles. The van der Waals surface area contributed by atoms with Crippen molar-refractivity contribution in [3.8, 4) is 0 Å². The Bertz CT molecular complexity index is 1510. The third-order valence-corrected chi connectivity index (χ3v) is 8.52. The van der Waals surface area contributed by atoms with E-state index >= 15 is 0 Å². The second-order valence-corrected chi connectivity index (χ2v) is 11.4. The van der Waals surface area contributed by atoms with E-state index in [0.717, 1.165) is 47.9 Å². The fourth-order valence-corrected chi connectivity index (χ4v) is 6.55. The number of thioether (sulfide) groups is 1. The molecule has 208 valence electrons. The van der Waals surface area contributed by atoms with Crippen molar-refractivity contribution in [2.24, 2.45) is 5.92 Å². The molecule has 0 spiro atoms. The first-order valence-corrected chi connectivity index (χ1v) is 14.0. The Balaban J connectivity index is 1.43. The summed E-state index contributed by atoms with van der Waals surface area (Å²) in [7, 11) is 1.32. The second-order valence-electron chi connectivity index (χ2n) is 9.24. The number of aromatic carboxylic acids is 2. The van der Waals surface area contributed by atoms with Crippen LogP contribution in [0.5, 0.6) is 0 Å². The van der Waals surface area contributed by atoms with Gasteiger partial charge in [0.1, 0.15) is 5.00 Å². The van der Waals surface area contributed by atoms with E-state index in [1.165, 1.54) is 30.2 Å². The number of fused-ring (bicyclic) bond motifs is 1. The molecule has 1 aliphatic carbocycles. The number of carbonyl (C=O) groups is 5. The summed E-state index contributed by atoms with van der Waals surface area (Å²) in [6, 6.07) is 9.90. The molecule has 10 nitrogen and oxygen atoms in total. The molecular weight excluding hydrogens is 556 g/mol. The Morgan fingerprint density at radius 3 is 2.50 bits per heavy atom. The van der Waals surface area contributed by atoms with Gasteiger partial charge in [0.25, 0.3) is 5.91 Å². The van der Waals surface area contributed by atoms with E-state index in [1.807, 2.05) is 0 Å². The van der Waals surface area contributed by atoms with Crippen molar-refractivity contribution < 1.29 is 38.9 Å². The maximum Gasteiger partial charge on any atom is 0.341 e. The molecular formula is C28H26N2O8S2. The number of esters is 1. The first kappa shape index (κ1) is 28.8. The SMILES string of the molecule is COC(=O)c1c(NC(=O)CSc2cccc(NC(=O)c3ccc(C(=O)O)cc3C(=O)O)c2)sc2c1CCC(C)C2. The minimum atomic E-state index is -1.43. The van der Waals surface area contributed by atoms with Gasteiger partial charge in [-0.05, 0) is 67.1 Å². The molecule has 2 aromatic carbocycles. The average Bonchev–Trinajstić information content (AvgIpc) is 3.27. The molecule has 3 aromatic rings. The Hall–Kier alpha value is -4.16. The summed E-state index contributed by atoms with van der Waals surface area (Å²) in [4.78, 5) is 62.6. The number of hydrogen-bond donors (Lipinski definition) is 4. The normalized spacial score (nSPS) is 14.1. The van der Waals surface area contributed by atoms with E-state index in [0.29, 0.717) is 27.1 Å². The van der Waals surface area contributed by atoms with Gasteiger partial charge in [-0.1, -0.05) is 13.0 Å². The highest BCUT2D eigenvalue weighted by molar-refractivity contribution is 8.00. The van der Waals surface area contributed by atoms with Gasteiger partial charge < -0.3 is 25.6 Å². The summed E-state index contributed by atoms with van der Waals surface area (Å²) in [5.74, 6) is -3.69. The smallest absolute Gasteiger partial charge is 0.341 e. The van der Waals surface area contributed by atoms with Crippen molar-refractivity contribution in [1.29, 1.82) is 0 Å². The highest BCUT2D eigenvalue weighted by Gasteiger charge is 2.29. The second kappa shape index (κ2) is 12.3. The van der Waals surface area contributed by atoms with Crippen molar-refractivity contribution in [3.63, 3.8) is 0 Å². The molecule has 1 atom stereocenters. The lowest BCUT2D eigenvalue weighted by molar-refractivity contribution is -0.113. The highest BCUT2D eigenvalue weighted by atomic mass is 32.2. The van der Waals surface area contributed by atoms with Crippen LogP contribution in [0.2, 0.25) is 0 Å². The van der Waals surface area contributed by atoms with E-state index in [4.69, 9.17) is 9.84 Å². The summed E-state index contributed by atoms with van der Waals surface area (Å²) >= 11 is 2.63. The number of carboxylic acids is 2. The fourth-order valence-electron chi connectivity index (χ4n) is 4.38. The number of ether oxygens (including phenoxy) is 1. The predicted molar refractivity (Wildman–Crippen MR) is 151 cm³/mol. The van der Waals surface area contributed by atoms with Crippen LogP contribution in [0.1, 0.15) is 65.2 Å². The van der Waals surface area contributed by atoms with Gasteiger partial charge in [0, 0.05) is 15.5 Å². The molecule has 0 aliphatic heterocycles. The molecule has 0 bridgehead atoms. The zero-order valence-electron chi connectivity index (χ0n) is 21.6. The summed E-state index contributed by atoms with van der Waals surface area (Å²) in [6.07, 6.45) is 2.58. The van der Waals surface area contributed by atoms with E-state index in [2.05, 4.69) is 17.6 Å². The van der Waals surface area contributed by atoms with Crippen molar-refractivity contribution in [3.05, 3.63) is 75.2 Å². The molecule has 1 heterocycles. The van der Waals surface area contributed by atoms with Gasteiger partial charge in [-0.2, -0.15) is 0 Å². The first-order chi connectivity index (χ1) is 19.1. The molecule has 0 saturated heterocycles. The lowest BCUT2D eigenvalue weighted by Crippen LogP contribution is -2.17. The van der Waals surface area contributed by atoms with Gasteiger partial charge >= 0.3 is 17.9 Å². The number of anilines is 2. The van der Waals surface area contributed by atoms with Crippen molar-refractivity contribution >= 4 is 63.5 Å². The number of hydrogen-bond acceptors (Lipinski definition) is 8. The van der Waals surface area contributed by atoms with E-state index in [-0.39, 0.29) is 22.8 Å². The predicted octanol–water partition coefficient (Wildman–Crippen LogP) is 5.04. The lowest BCUT2D eigenvalue weighted by Gasteiger charge is -2.18. The maximum absolute atomic E-state index is 12.8. The monoisotopic (exact) mass is 582 g/mol. The molecule has 0 saturated carbocycles. The van der Waals surface area contributed by atoms with Crippen LogP contribution in [0.4, 0.5) is 10.7 Å². The van der Waals surface area contributed by atoms with Gasteiger partial charge in [-0.3, -0.25) is 9.59 Å². The summed E-state index contributed by atoms with van der Waals surface area (Å²) in [5, 5.41) is 24.5. The van der Waals surface area contributed by atoms with Crippen molar-refractivity contribution in [1.82, 2.24) is 0 Å². The third-order valence-electron chi connectivity index (χ3n) is 6.36. The van der Waals surface area contributed by atoms with Crippen molar-refractivity contribution in [2.75, 3.05) is 23.5 Å². The standard InChI is InChI=1S/C28H26N2O8S2/c1-14-6-8-19-21(10-14)40-25(23(19)28(37)38-2)30-22(31)13-39-17-5-3-4-16(12-17)29-24(32)18-9-7-15(26(33)34)11-20(18)27(35)36/h3-5,7,9,11-12,14H,6,8,10,13H2,1-2H3,(H,29,32)(H,30,31)(H,33,34)(H,35,36). The fraction of sp³-hybridized carbons (Fsp3) is 0.250. The van der Waals surface area contributed by atoms with Gasteiger partial charge in [0.2, 0.25) is 5.91 Å². The number of rotatable bonds is 9. The molecule has 0 fully saturated rings. The van der Waals surface area contributed by atoms with Crippen LogP contribution in [0, 0.1) is 5.92 Å². The Morgan fingerprint density at radius 1 is 1.02 bits per heavy atom. The van der Waals surface area contributed by atoms with Crippen molar-refractivity contribution in [2.45, 2.75) is 31.1 Å². The number of methoxy groups -OCH3 is 1. The maximum atomic E-state index is 12.8. The Kier molecular flexibility index (Phi) is 8.90. The summed E-state index contributed by atoms with van der Waals surface area (Å²) in [5.41, 5.74) is 0.864.